The van der Waals surface area contributed by atoms with Crippen molar-refractivity contribution in [3.05, 3.63) is 109 Å². The number of ketones is 1. The number of rotatable bonds is 14. The summed E-state index contributed by atoms with van der Waals surface area (Å²) in [6.07, 6.45) is 10.6. The maximum absolute atomic E-state index is 14.3. The van der Waals surface area contributed by atoms with Crippen molar-refractivity contribution in [2.75, 3.05) is 6.54 Å². The number of nitrogens with one attached hydrogen (secondary N) is 3. The highest BCUT2D eigenvalue weighted by molar-refractivity contribution is 6.98. The highest BCUT2D eigenvalue weighted by Crippen LogP contribution is 2.42. The molecule has 3 aliphatic rings. The second kappa shape index (κ2) is 19.5. The van der Waals surface area contributed by atoms with Gasteiger partial charge in [0.15, 0.2) is 5.78 Å². The zero-order valence-electron chi connectivity index (χ0n) is 35.0. The summed E-state index contributed by atoms with van der Waals surface area (Å²) in [5.74, 6) is -1.72. The van der Waals surface area contributed by atoms with E-state index in [0.717, 1.165) is 35.2 Å². The van der Waals surface area contributed by atoms with Crippen LogP contribution in [0, 0.1) is 5.92 Å². The predicted molar refractivity (Wildman–Crippen MR) is 233 cm³/mol. The Morgan fingerprint density at radius 3 is 2.07 bits per heavy atom. The third-order valence-corrected chi connectivity index (χ3v) is 17.5. The number of unbranched alkanes of at least 4 members (excludes halogenated alkanes) is 1. The number of amides is 4. The van der Waals surface area contributed by atoms with Gasteiger partial charge in [-0.1, -0.05) is 137 Å². The van der Waals surface area contributed by atoms with Crippen LogP contribution in [0.15, 0.2) is 103 Å². The summed E-state index contributed by atoms with van der Waals surface area (Å²) < 4.78 is 0. The molecule has 2 saturated heterocycles. The van der Waals surface area contributed by atoms with Crippen LogP contribution in [0.1, 0.15) is 103 Å². The number of allylic oxidation sites excluding steroid dienone is 2. The van der Waals surface area contributed by atoms with Gasteiger partial charge in [0.25, 0.3) is 8.32 Å². The first kappa shape index (κ1) is 43.7. The van der Waals surface area contributed by atoms with Gasteiger partial charge in [-0.25, -0.2) is 0 Å². The molecule has 0 aromatic heterocycles. The Labute approximate surface area is 350 Å². The molecule has 4 amide bonds. The Morgan fingerprint density at radius 2 is 1.46 bits per heavy atom. The molecule has 3 aromatic rings. The molecule has 2 heterocycles. The molecule has 0 unspecified atom stereocenters. The number of carbonyl (C=O) groups excluding carboxylic acids is 5. The molecule has 1 aliphatic carbocycles. The molecular formula is C48H62N4O6Si. The van der Waals surface area contributed by atoms with Gasteiger partial charge < -0.3 is 25.6 Å². The molecule has 1 spiro atoms. The van der Waals surface area contributed by atoms with Gasteiger partial charge >= 0.3 is 0 Å². The van der Waals surface area contributed by atoms with E-state index in [9.17, 15) is 28.8 Å². The zero-order chi connectivity index (χ0) is 42.0. The van der Waals surface area contributed by atoms with Gasteiger partial charge in [-0.2, -0.15) is 0 Å². The van der Waals surface area contributed by atoms with Gasteiger partial charge in [-0.3, -0.25) is 24.0 Å². The first-order chi connectivity index (χ1) is 28.4. The molecule has 3 aromatic carbocycles. The molecular weight excluding hydrogens is 757 g/mol. The summed E-state index contributed by atoms with van der Waals surface area (Å²) in [5, 5.41) is 10.4. The van der Waals surface area contributed by atoms with Gasteiger partial charge in [-0.15, -0.1) is 0 Å². The number of nitrogens with zero attached hydrogens (tertiary/aromatic N) is 1. The smallest absolute Gasteiger partial charge is 0.258 e. The van der Waals surface area contributed by atoms with Crippen molar-refractivity contribution in [1.29, 1.82) is 0 Å². The van der Waals surface area contributed by atoms with Crippen LogP contribution in [-0.4, -0.2) is 77.6 Å². The van der Waals surface area contributed by atoms with Crippen molar-refractivity contribution >= 4 is 48.1 Å². The van der Waals surface area contributed by atoms with Crippen LogP contribution in [0.4, 0.5) is 0 Å². The van der Waals surface area contributed by atoms with Crippen LogP contribution in [0.3, 0.4) is 0 Å². The van der Waals surface area contributed by atoms with E-state index in [0.29, 0.717) is 64.3 Å². The van der Waals surface area contributed by atoms with Crippen LogP contribution >= 0.6 is 0 Å². The Balaban J connectivity index is 1.14. The molecule has 0 bridgehead atoms. The number of fused-ring (bicyclic) bond motifs is 1. The summed E-state index contributed by atoms with van der Waals surface area (Å²) in [6.45, 7) is 6.55. The molecule has 4 N–H and O–H groups in total. The molecule has 11 heteroatoms. The first-order valence-corrected chi connectivity index (χ1v) is 23.6. The monoisotopic (exact) mass is 818 g/mol. The van der Waals surface area contributed by atoms with E-state index in [4.69, 9.17) is 0 Å². The van der Waals surface area contributed by atoms with E-state index in [2.05, 4.69) is 29.8 Å². The maximum Gasteiger partial charge on any atom is 0.258 e. The van der Waals surface area contributed by atoms with Crippen molar-refractivity contribution in [2.45, 2.75) is 133 Å². The third-order valence-electron chi connectivity index (χ3n) is 13.0. The molecule has 3 fully saturated rings. The standard InChI is InChI=1S/C48H62N4O6Si/c1-4-36(34-47(2,3)59(58,37-23-12-6-13-24-37)38-25-14-7-15-26-38)42(53)29-17-8-16-27-39-43(54)51-48(30-18-9-19-31-48)46(57)50-40(33-35-21-10-5-11-22-35)45(56)52-32-20-28-41(52)44(55)49-39/h5-7,10-15,17,21-26,29,36,39-41,58H,4,8-9,16,18-20,27-28,30-34H2,1-3H3,(H,49,55)(H,50,57)(H,51,54)/b29-17+/t36-,39-,40-,41+/m0/s1. The fraction of sp³-hybridized carbons (Fsp3) is 0.479. The second-order valence-electron chi connectivity index (χ2n) is 17.5. The minimum Gasteiger partial charge on any atom is -0.424 e. The number of benzene rings is 3. The van der Waals surface area contributed by atoms with Gasteiger partial charge in [0.05, 0.1) is 0 Å². The summed E-state index contributed by atoms with van der Waals surface area (Å²) in [6, 6.07) is 26.6. The Hall–Kier alpha value is -4.87. The fourth-order valence-electron chi connectivity index (χ4n) is 9.57. The Kier molecular flexibility index (Phi) is 14.4. The lowest BCUT2D eigenvalue weighted by atomic mass is 9.80. The van der Waals surface area contributed by atoms with Gasteiger partial charge in [0, 0.05) is 18.9 Å². The van der Waals surface area contributed by atoms with E-state index in [1.165, 1.54) is 0 Å². The highest BCUT2D eigenvalue weighted by Gasteiger charge is 2.51. The van der Waals surface area contributed by atoms with Crippen molar-refractivity contribution < 1.29 is 28.8 Å². The van der Waals surface area contributed by atoms with Gasteiger partial charge in [-0.05, 0) is 84.8 Å². The number of carbonyl (C=O) groups is 5. The van der Waals surface area contributed by atoms with Crippen LogP contribution < -0.4 is 26.3 Å². The molecule has 2 aliphatic heterocycles. The SMILES string of the molecule is CC[C@@H](CC(C)(C)[Si](O)(c1ccccc1)c1ccccc1)C(=O)/C=C/CCC[C@@H]1NC(=O)[C@H]2CCCN2C(=O)[C@H](Cc2ccccc2)NC(=O)C2(CCCCC2)NC1=O. The fourth-order valence-corrected chi connectivity index (χ4v) is 13.4. The van der Waals surface area contributed by atoms with Gasteiger partial charge in [0.1, 0.15) is 23.7 Å². The van der Waals surface area contributed by atoms with Crippen LogP contribution in [0.2, 0.25) is 5.04 Å². The van der Waals surface area contributed by atoms with E-state index < -0.39 is 42.9 Å². The summed E-state index contributed by atoms with van der Waals surface area (Å²) in [5.41, 5.74) is -0.299. The molecule has 59 heavy (non-hydrogen) atoms. The van der Waals surface area contributed by atoms with Crippen molar-refractivity contribution in [3.63, 3.8) is 0 Å². The topological polar surface area (TPSA) is 145 Å². The van der Waals surface area contributed by atoms with Gasteiger partial charge in [0.2, 0.25) is 23.6 Å². The summed E-state index contributed by atoms with van der Waals surface area (Å²) >= 11 is 0. The lowest BCUT2D eigenvalue weighted by molar-refractivity contribution is -0.145. The molecule has 314 valence electrons. The number of hydrogen-bond acceptors (Lipinski definition) is 6. The molecule has 4 atom stereocenters. The minimum absolute atomic E-state index is 0.00286. The normalized spacial score (nSPS) is 22.2. The quantitative estimate of drug-likeness (QED) is 0.0993. The minimum atomic E-state index is -3.30. The lowest BCUT2D eigenvalue weighted by Gasteiger charge is -2.42. The molecule has 6 rings (SSSR count). The van der Waals surface area contributed by atoms with Crippen molar-refractivity contribution in [3.8, 4) is 0 Å². The Morgan fingerprint density at radius 1 is 0.847 bits per heavy atom. The first-order valence-electron chi connectivity index (χ1n) is 21.7. The largest absolute Gasteiger partial charge is 0.424 e. The Bertz CT molecular complexity index is 1910. The molecule has 10 nitrogen and oxygen atoms in total. The lowest BCUT2D eigenvalue weighted by Crippen LogP contribution is -2.67. The number of hydrogen-bond donors (Lipinski definition) is 4. The van der Waals surface area contributed by atoms with Crippen LogP contribution in [-0.2, 0) is 30.4 Å². The van der Waals surface area contributed by atoms with Crippen LogP contribution in [0.5, 0.6) is 0 Å². The third kappa shape index (κ3) is 9.95. The average molecular weight is 819 g/mol. The highest BCUT2D eigenvalue weighted by atomic mass is 28.4. The maximum atomic E-state index is 14.3. The molecule has 1 saturated carbocycles. The van der Waals surface area contributed by atoms with E-state index in [-0.39, 0.29) is 35.8 Å². The van der Waals surface area contributed by atoms with Crippen LogP contribution in [0.25, 0.3) is 0 Å². The van der Waals surface area contributed by atoms with E-state index >= 15 is 0 Å². The summed E-state index contributed by atoms with van der Waals surface area (Å²) in [4.78, 5) is 84.5. The average Bonchev–Trinajstić information content (AvgIpc) is 3.75. The predicted octanol–water partition coefficient (Wildman–Crippen LogP) is 5.27. The second-order valence-corrected chi connectivity index (χ2v) is 21.4. The van der Waals surface area contributed by atoms with Crippen molar-refractivity contribution in [2.24, 2.45) is 5.92 Å². The molecule has 0 radical (unpaired) electrons. The zero-order valence-corrected chi connectivity index (χ0v) is 36.0. The summed E-state index contributed by atoms with van der Waals surface area (Å²) in [7, 11) is -3.30. The van der Waals surface area contributed by atoms with Crippen molar-refractivity contribution in [1.82, 2.24) is 20.9 Å². The van der Waals surface area contributed by atoms with E-state index in [1.807, 2.05) is 104 Å². The van der Waals surface area contributed by atoms with E-state index in [1.54, 1.807) is 11.0 Å².